The van der Waals surface area contributed by atoms with Gasteiger partial charge in [-0.2, -0.15) is 0 Å². The summed E-state index contributed by atoms with van der Waals surface area (Å²) >= 11 is 0. The first-order valence-electron chi connectivity index (χ1n) is 6.38. The highest BCUT2D eigenvalue weighted by Crippen LogP contribution is 2.24. The number of nitrogens with one attached hydrogen (secondary N) is 1. The number of rotatable bonds is 2. The molecule has 1 unspecified atom stereocenters. The van der Waals surface area contributed by atoms with Crippen LogP contribution in [0.25, 0.3) is 0 Å². The van der Waals surface area contributed by atoms with Crippen LogP contribution in [-0.2, 0) is 0 Å². The fraction of sp³-hybridized carbons (Fsp3) is 0.571. The quantitative estimate of drug-likeness (QED) is 0.813. The molecule has 0 radical (unpaired) electrons. The number of benzene rings is 1. The largest absolute Gasteiger partial charge is 0.394 e. The van der Waals surface area contributed by atoms with Gasteiger partial charge < -0.3 is 15.3 Å². The van der Waals surface area contributed by atoms with Gasteiger partial charge in [0.2, 0.25) is 0 Å². The normalized spacial score (nSPS) is 21.4. The minimum absolute atomic E-state index is 0.193. The van der Waals surface area contributed by atoms with Crippen molar-refractivity contribution in [2.75, 3.05) is 31.1 Å². The van der Waals surface area contributed by atoms with Crippen LogP contribution >= 0.6 is 0 Å². The molecule has 0 aromatic heterocycles. The monoisotopic (exact) mass is 234 g/mol. The second-order valence-corrected chi connectivity index (χ2v) is 4.88. The summed E-state index contributed by atoms with van der Waals surface area (Å²) in [5.41, 5.74) is 3.85. The van der Waals surface area contributed by atoms with Gasteiger partial charge in [-0.05, 0) is 38.4 Å². The summed E-state index contributed by atoms with van der Waals surface area (Å²) in [6.45, 7) is 7.39. The molecule has 2 rings (SSSR count). The Morgan fingerprint density at radius 2 is 2.24 bits per heavy atom. The Hall–Kier alpha value is -1.06. The highest BCUT2D eigenvalue weighted by molar-refractivity contribution is 5.55. The number of hydrogen-bond acceptors (Lipinski definition) is 3. The minimum atomic E-state index is 0.193. The lowest BCUT2D eigenvalue weighted by Gasteiger charge is -2.32. The molecule has 1 heterocycles. The van der Waals surface area contributed by atoms with Gasteiger partial charge in [-0.1, -0.05) is 17.7 Å². The van der Waals surface area contributed by atoms with Crippen molar-refractivity contribution in [2.45, 2.75) is 26.3 Å². The van der Waals surface area contributed by atoms with Crippen LogP contribution in [0.15, 0.2) is 18.2 Å². The number of aliphatic hydroxyl groups is 1. The summed E-state index contributed by atoms with van der Waals surface area (Å²) in [6.07, 6.45) is 1.13. The predicted octanol–water partition coefficient (Wildman–Crippen LogP) is 1.46. The average Bonchev–Trinajstić information content (AvgIpc) is 2.54. The summed E-state index contributed by atoms with van der Waals surface area (Å²) in [7, 11) is 0. The fourth-order valence-electron chi connectivity index (χ4n) is 2.54. The third-order valence-electron chi connectivity index (χ3n) is 3.45. The summed E-state index contributed by atoms with van der Waals surface area (Å²) in [5, 5.41) is 12.9. The van der Waals surface area contributed by atoms with Gasteiger partial charge in [0.25, 0.3) is 0 Å². The lowest BCUT2D eigenvalue weighted by Crippen LogP contribution is -2.42. The molecule has 0 aliphatic carbocycles. The Kier molecular flexibility index (Phi) is 4.02. The Balaban J connectivity index is 2.28. The molecule has 17 heavy (non-hydrogen) atoms. The van der Waals surface area contributed by atoms with Gasteiger partial charge in [0, 0.05) is 18.8 Å². The summed E-state index contributed by atoms with van der Waals surface area (Å²) in [5.74, 6) is 0. The van der Waals surface area contributed by atoms with Crippen LogP contribution in [0.2, 0.25) is 0 Å². The molecule has 0 bridgehead atoms. The maximum atomic E-state index is 9.51. The Labute approximate surface area is 103 Å². The molecule has 0 amide bonds. The van der Waals surface area contributed by atoms with Gasteiger partial charge in [0.15, 0.2) is 0 Å². The first-order valence-corrected chi connectivity index (χ1v) is 6.38. The van der Waals surface area contributed by atoms with E-state index in [1.54, 1.807) is 0 Å². The Bertz CT molecular complexity index is 378. The summed E-state index contributed by atoms with van der Waals surface area (Å²) in [6, 6.07) is 6.73. The molecule has 0 saturated carbocycles. The van der Waals surface area contributed by atoms with Crippen molar-refractivity contribution in [3.8, 4) is 0 Å². The second kappa shape index (κ2) is 5.52. The molecule has 94 valence electrons. The number of hydrogen-bond donors (Lipinski definition) is 2. The molecule has 3 heteroatoms. The van der Waals surface area contributed by atoms with Crippen LogP contribution in [0.3, 0.4) is 0 Å². The van der Waals surface area contributed by atoms with E-state index in [0.29, 0.717) is 0 Å². The van der Waals surface area contributed by atoms with E-state index in [0.717, 1.165) is 26.1 Å². The van der Waals surface area contributed by atoms with Crippen LogP contribution in [0.4, 0.5) is 5.69 Å². The van der Waals surface area contributed by atoms with Crippen molar-refractivity contribution in [2.24, 2.45) is 0 Å². The molecular weight excluding hydrogens is 212 g/mol. The van der Waals surface area contributed by atoms with Crippen molar-refractivity contribution < 1.29 is 5.11 Å². The maximum Gasteiger partial charge on any atom is 0.0647 e. The van der Waals surface area contributed by atoms with Crippen molar-refractivity contribution in [3.63, 3.8) is 0 Å². The molecule has 1 aliphatic heterocycles. The third-order valence-corrected chi connectivity index (χ3v) is 3.45. The van der Waals surface area contributed by atoms with Gasteiger partial charge in [0.1, 0.15) is 0 Å². The number of anilines is 1. The number of aliphatic hydroxyl groups excluding tert-OH is 1. The molecule has 3 nitrogen and oxygen atoms in total. The van der Waals surface area contributed by atoms with E-state index >= 15 is 0 Å². The number of aryl methyl sites for hydroxylation is 2. The molecular formula is C14H22N2O. The van der Waals surface area contributed by atoms with E-state index in [1.165, 1.54) is 16.8 Å². The molecule has 1 fully saturated rings. The van der Waals surface area contributed by atoms with Crippen LogP contribution in [0.1, 0.15) is 17.5 Å². The second-order valence-electron chi connectivity index (χ2n) is 4.88. The van der Waals surface area contributed by atoms with E-state index < -0.39 is 0 Å². The molecule has 1 aromatic carbocycles. The smallest absolute Gasteiger partial charge is 0.0647 e. The lowest BCUT2D eigenvalue weighted by molar-refractivity contribution is 0.260. The molecule has 1 saturated heterocycles. The highest BCUT2D eigenvalue weighted by atomic mass is 16.3. The molecule has 0 spiro atoms. The molecule has 1 aliphatic rings. The van der Waals surface area contributed by atoms with Gasteiger partial charge in [-0.3, -0.25) is 0 Å². The van der Waals surface area contributed by atoms with Crippen molar-refractivity contribution in [3.05, 3.63) is 29.3 Å². The van der Waals surface area contributed by atoms with Gasteiger partial charge in [-0.15, -0.1) is 0 Å². The van der Waals surface area contributed by atoms with Crippen LogP contribution in [0, 0.1) is 13.8 Å². The zero-order valence-corrected chi connectivity index (χ0v) is 10.7. The van der Waals surface area contributed by atoms with E-state index in [2.05, 4.69) is 42.3 Å². The first kappa shape index (κ1) is 12.4. The fourth-order valence-corrected chi connectivity index (χ4v) is 2.54. The van der Waals surface area contributed by atoms with Gasteiger partial charge in [-0.25, -0.2) is 0 Å². The van der Waals surface area contributed by atoms with Crippen molar-refractivity contribution in [1.29, 1.82) is 0 Å². The van der Waals surface area contributed by atoms with Crippen LogP contribution < -0.4 is 10.2 Å². The maximum absolute atomic E-state index is 9.51. The Morgan fingerprint density at radius 3 is 2.94 bits per heavy atom. The standard InChI is InChI=1S/C14H22N2O/c1-11-4-5-14(12(2)8-11)16-7-3-6-15-9-13(16)10-17/h4-5,8,13,15,17H,3,6-7,9-10H2,1-2H3. The molecule has 2 N–H and O–H groups in total. The van der Waals surface area contributed by atoms with Gasteiger partial charge in [0.05, 0.1) is 12.6 Å². The van der Waals surface area contributed by atoms with Crippen LogP contribution in [0.5, 0.6) is 0 Å². The first-order chi connectivity index (χ1) is 8.22. The minimum Gasteiger partial charge on any atom is -0.394 e. The molecule has 1 atom stereocenters. The van der Waals surface area contributed by atoms with E-state index in [9.17, 15) is 5.11 Å². The van der Waals surface area contributed by atoms with Crippen molar-refractivity contribution in [1.82, 2.24) is 5.32 Å². The topological polar surface area (TPSA) is 35.5 Å². The zero-order valence-electron chi connectivity index (χ0n) is 10.7. The van der Waals surface area contributed by atoms with E-state index in [1.807, 2.05) is 0 Å². The zero-order chi connectivity index (χ0) is 12.3. The third kappa shape index (κ3) is 2.79. The Morgan fingerprint density at radius 1 is 1.41 bits per heavy atom. The molecule has 1 aromatic rings. The SMILES string of the molecule is Cc1ccc(N2CCCNCC2CO)c(C)c1. The summed E-state index contributed by atoms with van der Waals surface area (Å²) in [4.78, 5) is 2.34. The average molecular weight is 234 g/mol. The van der Waals surface area contributed by atoms with E-state index in [4.69, 9.17) is 0 Å². The van der Waals surface area contributed by atoms with Crippen LogP contribution in [-0.4, -0.2) is 37.4 Å². The van der Waals surface area contributed by atoms with E-state index in [-0.39, 0.29) is 12.6 Å². The lowest BCUT2D eigenvalue weighted by atomic mass is 10.1. The highest BCUT2D eigenvalue weighted by Gasteiger charge is 2.21. The van der Waals surface area contributed by atoms with Crippen molar-refractivity contribution >= 4 is 5.69 Å². The summed E-state index contributed by atoms with van der Waals surface area (Å²) < 4.78 is 0. The van der Waals surface area contributed by atoms with Gasteiger partial charge >= 0.3 is 0 Å². The number of nitrogens with zero attached hydrogens (tertiary/aromatic N) is 1. The predicted molar refractivity (Wildman–Crippen MR) is 71.6 cm³/mol.